The van der Waals surface area contributed by atoms with Crippen LogP contribution in [0.5, 0.6) is 0 Å². The van der Waals surface area contributed by atoms with Crippen LogP contribution in [0.15, 0.2) is 24.3 Å². The van der Waals surface area contributed by atoms with Crippen molar-refractivity contribution in [2.75, 3.05) is 32.5 Å². The van der Waals surface area contributed by atoms with Gasteiger partial charge in [0.05, 0.1) is 6.04 Å². The van der Waals surface area contributed by atoms with Crippen molar-refractivity contribution in [2.45, 2.75) is 13.0 Å². The first kappa shape index (κ1) is 14.5. The summed E-state index contributed by atoms with van der Waals surface area (Å²) >= 11 is 0. The number of rotatable bonds is 3. The van der Waals surface area contributed by atoms with Crippen LogP contribution in [0.2, 0.25) is 0 Å². The van der Waals surface area contributed by atoms with Gasteiger partial charge in [-0.25, -0.2) is 10.0 Å². The quantitative estimate of drug-likeness (QED) is 0.845. The van der Waals surface area contributed by atoms with Crippen LogP contribution in [0.3, 0.4) is 0 Å². The molecule has 1 fully saturated rings. The molecule has 20 heavy (non-hydrogen) atoms. The number of benzene rings is 1. The Morgan fingerprint density at radius 3 is 2.15 bits per heavy atom. The van der Waals surface area contributed by atoms with E-state index in [1.54, 1.807) is 24.3 Å². The van der Waals surface area contributed by atoms with E-state index < -0.39 is 0 Å². The summed E-state index contributed by atoms with van der Waals surface area (Å²) in [5.41, 5.74) is 1.28. The van der Waals surface area contributed by atoms with Crippen LogP contribution in [0.1, 0.15) is 17.3 Å². The summed E-state index contributed by atoms with van der Waals surface area (Å²) in [5.74, 6) is -0.215. The number of nitrogens with zero attached hydrogens (tertiary/aromatic N) is 2. The van der Waals surface area contributed by atoms with Gasteiger partial charge in [0, 0.05) is 45.4 Å². The molecule has 1 aromatic carbocycles. The Morgan fingerprint density at radius 1 is 1.10 bits per heavy atom. The molecule has 2 N–H and O–H groups in total. The summed E-state index contributed by atoms with van der Waals surface area (Å²) in [6.45, 7) is 3.08. The van der Waals surface area contributed by atoms with Gasteiger partial charge in [-0.3, -0.25) is 9.59 Å². The molecule has 0 unspecified atom stereocenters. The van der Waals surface area contributed by atoms with Crippen LogP contribution in [0.4, 0.5) is 5.69 Å². The fraction of sp³-hybridized carbons (Fsp3) is 0.429. The van der Waals surface area contributed by atoms with Crippen LogP contribution in [0.25, 0.3) is 0 Å². The highest BCUT2D eigenvalue weighted by atomic mass is 16.2. The van der Waals surface area contributed by atoms with Crippen LogP contribution >= 0.6 is 0 Å². The minimum Gasteiger partial charge on any atom is -0.347 e. The van der Waals surface area contributed by atoms with Crippen molar-refractivity contribution in [2.24, 2.45) is 0 Å². The van der Waals surface area contributed by atoms with Crippen molar-refractivity contribution in [3.63, 3.8) is 0 Å². The monoisotopic (exact) mass is 276 g/mol. The number of carbonyl (C=O) groups excluding carboxylic acids is 2. The predicted molar refractivity (Wildman–Crippen MR) is 77.3 cm³/mol. The molecule has 0 spiro atoms. The molecule has 0 atom stereocenters. The number of likely N-dealkylation sites (N-methyl/N-ethyl adjacent to an activating group) is 2. The summed E-state index contributed by atoms with van der Waals surface area (Å²) < 4.78 is 0. The fourth-order valence-corrected chi connectivity index (χ4v) is 2.24. The molecule has 0 aliphatic carbocycles. The summed E-state index contributed by atoms with van der Waals surface area (Å²) in [5, 5.41) is 9.83. The van der Waals surface area contributed by atoms with Gasteiger partial charge in [0.25, 0.3) is 5.91 Å². The molecule has 2 rings (SSSR count). The van der Waals surface area contributed by atoms with Gasteiger partial charge in [-0.15, -0.1) is 0 Å². The number of nitrogens with one attached hydrogen (secondary N) is 2. The topological polar surface area (TPSA) is 64.7 Å². The van der Waals surface area contributed by atoms with Crippen molar-refractivity contribution < 1.29 is 9.59 Å². The molecule has 2 amide bonds. The van der Waals surface area contributed by atoms with E-state index in [1.807, 2.05) is 14.1 Å². The Balaban J connectivity index is 1.94. The first-order chi connectivity index (χ1) is 9.45. The highest BCUT2D eigenvalue weighted by Gasteiger charge is 2.25. The number of hydrogen-bond donors (Lipinski definition) is 2. The zero-order chi connectivity index (χ0) is 14.7. The number of hydrazine groups is 1. The van der Waals surface area contributed by atoms with Gasteiger partial charge in [-0.1, -0.05) is 0 Å². The Morgan fingerprint density at radius 2 is 1.65 bits per heavy atom. The molecule has 1 heterocycles. The van der Waals surface area contributed by atoms with Gasteiger partial charge >= 0.3 is 0 Å². The fourth-order valence-electron chi connectivity index (χ4n) is 2.24. The lowest BCUT2D eigenvalue weighted by molar-refractivity contribution is -0.114. The van der Waals surface area contributed by atoms with Crippen LogP contribution in [0, 0.1) is 0 Å². The summed E-state index contributed by atoms with van der Waals surface area (Å²) in [6.07, 6.45) is 0. The average molecular weight is 276 g/mol. The van der Waals surface area contributed by atoms with Gasteiger partial charge in [0.15, 0.2) is 0 Å². The van der Waals surface area contributed by atoms with Gasteiger partial charge in [0.2, 0.25) is 5.91 Å². The van der Waals surface area contributed by atoms with Crippen LogP contribution in [-0.4, -0.2) is 55.1 Å². The predicted octanol–water partition coefficient (Wildman–Crippen LogP) is 0.536. The normalized spacial score (nSPS) is 17.1. The van der Waals surface area contributed by atoms with Gasteiger partial charge in [-0.2, -0.15) is 0 Å². The molecule has 1 aliphatic rings. The second-order valence-corrected chi connectivity index (χ2v) is 5.11. The summed E-state index contributed by atoms with van der Waals surface area (Å²) in [4.78, 5) is 23.0. The minimum absolute atomic E-state index is 0.0897. The second kappa shape index (κ2) is 6.02. The molecule has 0 saturated carbocycles. The van der Waals surface area contributed by atoms with E-state index in [2.05, 4.69) is 20.7 Å². The largest absolute Gasteiger partial charge is 0.347 e. The molecule has 0 radical (unpaired) electrons. The van der Waals surface area contributed by atoms with Crippen molar-refractivity contribution >= 4 is 17.5 Å². The standard InChI is InChI=1S/C14H20N4O2/c1-10(19)15-12-6-4-11(5-7-12)14(20)16-13-8-17(2)18(3)9-13/h4-7,13H,8-9H2,1-3H3,(H,15,19)(H,16,20). The molecule has 1 aromatic rings. The third kappa shape index (κ3) is 3.55. The summed E-state index contributed by atoms with van der Waals surface area (Å²) in [7, 11) is 3.99. The SMILES string of the molecule is CC(=O)Nc1ccc(C(=O)NC2CN(C)N(C)C2)cc1. The van der Waals surface area contributed by atoms with Crippen LogP contribution in [-0.2, 0) is 4.79 Å². The second-order valence-electron chi connectivity index (χ2n) is 5.11. The Hall–Kier alpha value is -1.92. The maximum absolute atomic E-state index is 12.1. The molecular formula is C14H20N4O2. The van der Waals surface area contributed by atoms with Crippen molar-refractivity contribution in [3.05, 3.63) is 29.8 Å². The molecule has 108 valence electrons. The van der Waals surface area contributed by atoms with E-state index in [-0.39, 0.29) is 17.9 Å². The van der Waals surface area contributed by atoms with Gasteiger partial charge < -0.3 is 10.6 Å². The molecule has 6 nitrogen and oxygen atoms in total. The van der Waals surface area contributed by atoms with Crippen molar-refractivity contribution in [3.8, 4) is 0 Å². The van der Waals surface area contributed by atoms with E-state index in [0.717, 1.165) is 13.1 Å². The number of anilines is 1. The molecular weight excluding hydrogens is 256 g/mol. The van der Waals surface area contributed by atoms with Gasteiger partial charge in [-0.05, 0) is 24.3 Å². The third-order valence-corrected chi connectivity index (χ3v) is 3.35. The number of amides is 2. The smallest absolute Gasteiger partial charge is 0.251 e. The zero-order valence-electron chi connectivity index (χ0n) is 12.0. The Labute approximate surface area is 118 Å². The van der Waals surface area contributed by atoms with E-state index >= 15 is 0 Å². The first-order valence-electron chi connectivity index (χ1n) is 6.56. The van der Waals surface area contributed by atoms with E-state index in [4.69, 9.17) is 0 Å². The van der Waals surface area contributed by atoms with E-state index in [0.29, 0.717) is 11.3 Å². The number of carbonyl (C=O) groups is 2. The molecule has 0 bridgehead atoms. The van der Waals surface area contributed by atoms with E-state index in [1.165, 1.54) is 6.92 Å². The molecule has 1 saturated heterocycles. The zero-order valence-corrected chi connectivity index (χ0v) is 12.0. The lowest BCUT2D eigenvalue weighted by Gasteiger charge is -2.16. The molecule has 0 aromatic heterocycles. The van der Waals surface area contributed by atoms with Crippen molar-refractivity contribution in [1.29, 1.82) is 0 Å². The van der Waals surface area contributed by atoms with Crippen LogP contribution < -0.4 is 10.6 Å². The Kier molecular flexibility index (Phi) is 4.36. The maximum atomic E-state index is 12.1. The molecule has 1 aliphatic heterocycles. The molecule has 6 heteroatoms. The highest BCUT2D eigenvalue weighted by molar-refractivity contribution is 5.95. The summed E-state index contributed by atoms with van der Waals surface area (Å²) in [6, 6.07) is 7.01. The highest BCUT2D eigenvalue weighted by Crippen LogP contribution is 2.11. The van der Waals surface area contributed by atoms with Gasteiger partial charge in [0.1, 0.15) is 0 Å². The average Bonchev–Trinajstić information content (AvgIpc) is 2.68. The lowest BCUT2D eigenvalue weighted by atomic mass is 10.1. The van der Waals surface area contributed by atoms with Crippen molar-refractivity contribution in [1.82, 2.24) is 15.3 Å². The minimum atomic E-state index is -0.126. The van der Waals surface area contributed by atoms with E-state index in [9.17, 15) is 9.59 Å². The maximum Gasteiger partial charge on any atom is 0.251 e. The third-order valence-electron chi connectivity index (χ3n) is 3.35. The first-order valence-corrected chi connectivity index (χ1v) is 6.56. The Bertz CT molecular complexity index is 490. The number of hydrogen-bond acceptors (Lipinski definition) is 4. The lowest BCUT2D eigenvalue weighted by Crippen LogP contribution is -2.38.